The van der Waals surface area contributed by atoms with E-state index in [-0.39, 0.29) is 17.2 Å². The molecule has 1 rings (SSSR count). The van der Waals surface area contributed by atoms with E-state index in [2.05, 4.69) is 4.72 Å². The third-order valence-electron chi connectivity index (χ3n) is 2.70. The van der Waals surface area contributed by atoms with E-state index in [4.69, 9.17) is 5.11 Å². The summed E-state index contributed by atoms with van der Waals surface area (Å²) in [4.78, 5) is 23.8. The van der Waals surface area contributed by atoms with Gasteiger partial charge in [-0.15, -0.1) is 0 Å². The maximum atomic E-state index is 12.0. The van der Waals surface area contributed by atoms with Gasteiger partial charge in [0, 0.05) is 14.1 Å². The maximum Gasteiger partial charge on any atom is 0.335 e. The Morgan fingerprint density at radius 1 is 1.33 bits per heavy atom. The Kier molecular flexibility index (Phi) is 5.45. The molecule has 2 N–H and O–H groups in total. The number of hydrogen-bond acceptors (Lipinski definition) is 4. The average Bonchev–Trinajstić information content (AvgIpc) is 2.36. The monoisotopic (exact) mass is 314 g/mol. The number of benzene rings is 1. The van der Waals surface area contributed by atoms with E-state index >= 15 is 0 Å². The molecule has 0 aliphatic carbocycles. The van der Waals surface area contributed by atoms with Crippen LogP contribution in [0.2, 0.25) is 0 Å². The largest absolute Gasteiger partial charge is 0.478 e. The first-order valence-corrected chi connectivity index (χ1v) is 7.81. The molecule has 0 heterocycles. The Labute approximate surface area is 123 Å². The molecule has 116 valence electrons. The molecule has 0 fully saturated rings. The van der Waals surface area contributed by atoms with Crippen molar-refractivity contribution >= 4 is 21.9 Å². The van der Waals surface area contributed by atoms with Gasteiger partial charge in [-0.1, -0.05) is 12.1 Å². The first-order chi connectivity index (χ1) is 9.62. The summed E-state index contributed by atoms with van der Waals surface area (Å²) in [7, 11) is -0.683. The number of rotatable bonds is 6. The molecule has 0 saturated heterocycles. The van der Waals surface area contributed by atoms with Crippen LogP contribution in [-0.2, 0) is 20.6 Å². The molecule has 0 aliphatic heterocycles. The van der Waals surface area contributed by atoms with E-state index in [1.54, 1.807) is 0 Å². The highest BCUT2D eigenvalue weighted by molar-refractivity contribution is 7.88. The number of hydrogen-bond donors (Lipinski definition) is 2. The molecule has 8 heteroatoms. The predicted molar refractivity (Wildman–Crippen MR) is 77.3 cm³/mol. The number of amides is 1. The summed E-state index contributed by atoms with van der Waals surface area (Å²) in [5.74, 6) is -1.88. The van der Waals surface area contributed by atoms with Crippen LogP contribution in [0.25, 0.3) is 0 Å². The number of carbonyl (C=O) groups excluding carboxylic acids is 1. The third kappa shape index (κ3) is 5.16. The molecule has 7 nitrogen and oxygen atoms in total. The summed E-state index contributed by atoms with van der Waals surface area (Å²) in [5, 5.41) is 8.87. The number of nitrogens with zero attached hydrogens (tertiary/aromatic N) is 1. The number of aromatic carboxylic acids is 1. The molecule has 1 aromatic carbocycles. The molecule has 21 heavy (non-hydrogen) atoms. The van der Waals surface area contributed by atoms with Gasteiger partial charge < -0.3 is 10.0 Å². The SMILES string of the molecule is CC(NS(=O)(=O)Cc1cccc(C(=O)O)c1)C(=O)N(C)C. The fourth-order valence-electron chi connectivity index (χ4n) is 1.76. The quantitative estimate of drug-likeness (QED) is 0.785. The summed E-state index contributed by atoms with van der Waals surface area (Å²) in [5.41, 5.74) is 0.354. The molecule has 1 atom stereocenters. The second-order valence-electron chi connectivity index (χ2n) is 4.84. The lowest BCUT2D eigenvalue weighted by Crippen LogP contribution is -2.44. The number of carboxylic acid groups (broad SMARTS) is 1. The van der Waals surface area contributed by atoms with Crippen molar-refractivity contribution in [1.82, 2.24) is 9.62 Å². The molecular formula is C13H18N2O5S. The summed E-state index contributed by atoms with van der Waals surface area (Å²) in [6.07, 6.45) is 0. The van der Waals surface area contributed by atoms with Gasteiger partial charge in [-0.2, -0.15) is 0 Å². The van der Waals surface area contributed by atoms with Crippen molar-refractivity contribution in [3.8, 4) is 0 Å². The smallest absolute Gasteiger partial charge is 0.335 e. The fourth-order valence-corrected chi connectivity index (χ4v) is 3.10. The molecule has 1 aromatic rings. The minimum absolute atomic E-state index is 0.0140. The Hall–Kier alpha value is -1.93. The highest BCUT2D eigenvalue weighted by Crippen LogP contribution is 2.09. The molecule has 0 saturated carbocycles. The van der Waals surface area contributed by atoms with Crippen LogP contribution in [-0.4, -0.2) is 50.4 Å². The van der Waals surface area contributed by atoms with Crippen LogP contribution in [0.5, 0.6) is 0 Å². The Balaban J connectivity index is 2.84. The number of sulfonamides is 1. The average molecular weight is 314 g/mol. The van der Waals surface area contributed by atoms with Crippen LogP contribution < -0.4 is 4.72 Å². The molecule has 0 spiro atoms. The van der Waals surface area contributed by atoms with Gasteiger partial charge in [0.2, 0.25) is 15.9 Å². The van der Waals surface area contributed by atoms with Crippen molar-refractivity contribution in [3.05, 3.63) is 35.4 Å². The van der Waals surface area contributed by atoms with E-state index in [0.717, 1.165) is 0 Å². The summed E-state index contributed by atoms with van der Waals surface area (Å²) >= 11 is 0. The van der Waals surface area contributed by atoms with Crippen LogP contribution in [0, 0.1) is 0 Å². The zero-order valence-electron chi connectivity index (χ0n) is 12.0. The second kappa shape index (κ2) is 6.68. The van der Waals surface area contributed by atoms with E-state index < -0.39 is 22.0 Å². The maximum absolute atomic E-state index is 12.0. The third-order valence-corrected chi connectivity index (χ3v) is 4.12. The van der Waals surface area contributed by atoms with Crippen LogP contribution in [0.1, 0.15) is 22.8 Å². The number of carbonyl (C=O) groups is 2. The predicted octanol–water partition coefficient (Wildman–Crippen LogP) is 0.281. The molecule has 0 bridgehead atoms. The Bertz CT molecular complexity index is 640. The molecule has 1 amide bonds. The van der Waals surface area contributed by atoms with E-state index in [9.17, 15) is 18.0 Å². The molecule has 0 aromatic heterocycles. The fraction of sp³-hybridized carbons (Fsp3) is 0.385. The first-order valence-electron chi connectivity index (χ1n) is 6.16. The topological polar surface area (TPSA) is 104 Å². The van der Waals surface area contributed by atoms with E-state index in [0.29, 0.717) is 5.56 Å². The van der Waals surface area contributed by atoms with Crippen LogP contribution in [0.3, 0.4) is 0 Å². The van der Waals surface area contributed by atoms with Gasteiger partial charge in [0.05, 0.1) is 17.4 Å². The van der Waals surface area contributed by atoms with Gasteiger partial charge in [-0.05, 0) is 24.6 Å². The standard InChI is InChI=1S/C13H18N2O5S/c1-9(12(16)15(2)3)14-21(19,20)8-10-5-4-6-11(7-10)13(17)18/h4-7,9,14H,8H2,1-3H3,(H,17,18). The summed E-state index contributed by atoms with van der Waals surface area (Å²) in [6.45, 7) is 1.45. The van der Waals surface area contributed by atoms with Crippen LogP contribution >= 0.6 is 0 Å². The van der Waals surface area contributed by atoms with Crippen LogP contribution in [0.15, 0.2) is 24.3 Å². The van der Waals surface area contributed by atoms with Gasteiger partial charge in [0.25, 0.3) is 0 Å². The molecule has 0 aliphatic rings. The normalized spacial score (nSPS) is 12.7. The van der Waals surface area contributed by atoms with Crippen molar-refractivity contribution in [3.63, 3.8) is 0 Å². The lowest BCUT2D eigenvalue weighted by molar-refractivity contribution is -0.130. The van der Waals surface area contributed by atoms with Gasteiger partial charge in [-0.3, -0.25) is 4.79 Å². The minimum atomic E-state index is -3.75. The van der Waals surface area contributed by atoms with E-state index in [1.165, 1.54) is 50.2 Å². The number of carboxylic acids is 1. The minimum Gasteiger partial charge on any atom is -0.478 e. The van der Waals surface area contributed by atoms with Crippen molar-refractivity contribution in [2.75, 3.05) is 14.1 Å². The Morgan fingerprint density at radius 2 is 1.95 bits per heavy atom. The van der Waals surface area contributed by atoms with Gasteiger partial charge in [0.1, 0.15) is 0 Å². The summed E-state index contributed by atoms with van der Waals surface area (Å²) in [6, 6.07) is 4.78. The van der Waals surface area contributed by atoms with Crippen molar-refractivity contribution in [2.24, 2.45) is 0 Å². The lowest BCUT2D eigenvalue weighted by atomic mass is 10.1. The molecule has 1 unspecified atom stereocenters. The molecular weight excluding hydrogens is 296 g/mol. The van der Waals surface area contributed by atoms with Crippen molar-refractivity contribution in [2.45, 2.75) is 18.7 Å². The highest BCUT2D eigenvalue weighted by Gasteiger charge is 2.22. The first kappa shape index (κ1) is 17.1. The van der Waals surface area contributed by atoms with Crippen molar-refractivity contribution in [1.29, 1.82) is 0 Å². The van der Waals surface area contributed by atoms with Crippen LogP contribution in [0.4, 0.5) is 0 Å². The van der Waals surface area contributed by atoms with Crippen molar-refractivity contribution < 1.29 is 23.1 Å². The van der Waals surface area contributed by atoms with Gasteiger partial charge in [-0.25, -0.2) is 17.9 Å². The Morgan fingerprint density at radius 3 is 2.48 bits per heavy atom. The lowest BCUT2D eigenvalue weighted by Gasteiger charge is -2.18. The number of nitrogens with one attached hydrogen (secondary N) is 1. The number of likely N-dealkylation sites (N-methyl/N-ethyl adjacent to an activating group) is 1. The van der Waals surface area contributed by atoms with E-state index in [1.807, 2.05) is 0 Å². The molecule has 0 radical (unpaired) electrons. The second-order valence-corrected chi connectivity index (χ2v) is 6.59. The van der Waals surface area contributed by atoms with Gasteiger partial charge >= 0.3 is 5.97 Å². The zero-order chi connectivity index (χ0) is 16.2. The van der Waals surface area contributed by atoms with Gasteiger partial charge in [0.15, 0.2) is 0 Å². The zero-order valence-corrected chi connectivity index (χ0v) is 12.8. The summed E-state index contributed by atoms with van der Waals surface area (Å²) < 4.78 is 26.2. The highest BCUT2D eigenvalue weighted by atomic mass is 32.2.